The van der Waals surface area contributed by atoms with Crippen molar-refractivity contribution < 1.29 is 14.3 Å². The third kappa shape index (κ3) is 7.99. The molecule has 0 heterocycles. The smallest absolute Gasteiger partial charge is 0.224 e. The summed E-state index contributed by atoms with van der Waals surface area (Å²) in [7, 11) is 0. The lowest BCUT2D eigenvalue weighted by molar-refractivity contribution is -0.116. The summed E-state index contributed by atoms with van der Waals surface area (Å²) in [6.45, 7) is 4.22. The summed E-state index contributed by atoms with van der Waals surface area (Å²) in [6.07, 6.45) is 1.20. The van der Waals surface area contributed by atoms with Crippen LogP contribution in [0.1, 0.15) is 19.8 Å². The second-order valence-electron chi connectivity index (χ2n) is 4.01. The molecule has 1 aromatic rings. The van der Waals surface area contributed by atoms with Gasteiger partial charge in [0.15, 0.2) is 0 Å². The van der Waals surface area contributed by atoms with Gasteiger partial charge < -0.3 is 20.5 Å². The third-order valence-electron chi connectivity index (χ3n) is 2.42. The maximum Gasteiger partial charge on any atom is 0.224 e. The molecule has 1 rings (SSSR count). The number of nitrogens with two attached hydrogens (primary N) is 1. The number of nitrogens with one attached hydrogen (secondary N) is 1. The fourth-order valence-electron chi connectivity index (χ4n) is 1.51. The molecule has 0 aromatic heterocycles. The van der Waals surface area contributed by atoms with E-state index in [-0.39, 0.29) is 18.3 Å². The van der Waals surface area contributed by atoms with Crippen LogP contribution in [0.3, 0.4) is 0 Å². The van der Waals surface area contributed by atoms with E-state index in [1.807, 2.05) is 31.2 Å². The molecule has 114 valence electrons. The second-order valence-corrected chi connectivity index (χ2v) is 4.01. The first kappa shape index (κ1) is 18.7. The van der Waals surface area contributed by atoms with Gasteiger partial charge in [-0.1, -0.05) is 0 Å². The lowest BCUT2D eigenvalue weighted by Gasteiger charge is -2.07. The van der Waals surface area contributed by atoms with Crippen molar-refractivity contribution in [3.05, 3.63) is 24.3 Å². The van der Waals surface area contributed by atoms with Crippen LogP contribution in [0, 0.1) is 0 Å². The number of hydrogen-bond donors (Lipinski definition) is 2. The molecular weight excluding hydrogens is 280 g/mol. The monoisotopic (exact) mass is 302 g/mol. The molecule has 0 saturated carbocycles. The maximum absolute atomic E-state index is 11.6. The van der Waals surface area contributed by atoms with Crippen molar-refractivity contribution in [3.63, 3.8) is 0 Å². The number of hydrogen-bond acceptors (Lipinski definition) is 4. The zero-order valence-corrected chi connectivity index (χ0v) is 12.6. The summed E-state index contributed by atoms with van der Waals surface area (Å²) in [6, 6.07) is 7.25. The summed E-state index contributed by atoms with van der Waals surface area (Å²) in [5.41, 5.74) is 6.11. The van der Waals surface area contributed by atoms with E-state index in [0.717, 1.165) is 17.9 Å². The first-order valence-electron chi connectivity index (χ1n) is 6.56. The Hall–Kier alpha value is -1.30. The normalized spacial score (nSPS) is 9.70. The van der Waals surface area contributed by atoms with Crippen molar-refractivity contribution in [1.82, 2.24) is 0 Å². The van der Waals surface area contributed by atoms with E-state index in [1.54, 1.807) is 0 Å². The average molecular weight is 303 g/mol. The van der Waals surface area contributed by atoms with Crippen LogP contribution < -0.4 is 15.8 Å². The van der Waals surface area contributed by atoms with Gasteiger partial charge in [-0.15, -0.1) is 12.4 Å². The number of halogens is 1. The lowest BCUT2D eigenvalue weighted by Crippen LogP contribution is -2.12. The van der Waals surface area contributed by atoms with Gasteiger partial charge in [0, 0.05) is 31.9 Å². The molecule has 1 aromatic carbocycles. The van der Waals surface area contributed by atoms with Gasteiger partial charge in [-0.3, -0.25) is 4.79 Å². The molecule has 3 N–H and O–H groups in total. The highest BCUT2D eigenvalue weighted by atomic mass is 35.5. The van der Waals surface area contributed by atoms with Crippen molar-refractivity contribution in [1.29, 1.82) is 0 Å². The molecule has 0 aliphatic carbocycles. The Bertz CT molecular complexity index is 371. The molecule has 5 nitrogen and oxygen atoms in total. The van der Waals surface area contributed by atoms with Crippen molar-refractivity contribution in [2.45, 2.75) is 19.8 Å². The number of amides is 1. The van der Waals surface area contributed by atoms with E-state index in [4.69, 9.17) is 15.2 Å². The molecule has 0 bridgehead atoms. The van der Waals surface area contributed by atoms with Crippen LogP contribution >= 0.6 is 12.4 Å². The van der Waals surface area contributed by atoms with Crippen LogP contribution in [0.25, 0.3) is 0 Å². The molecule has 0 aliphatic rings. The van der Waals surface area contributed by atoms with Gasteiger partial charge in [0.1, 0.15) is 12.4 Å². The van der Waals surface area contributed by atoms with Crippen molar-refractivity contribution in [2.75, 3.05) is 31.7 Å². The second kappa shape index (κ2) is 11.5. The van der Waals surface area contributed by atoms with Crippen molar-refractivity contribution in [2.24, 2.45) is 5.73 Å². The van der Waals surface area contributed by atoms with Gasteiger partial charge in [-0.25, -0.2) is 0 Å². The minimum Gasteiger partial charge on any atom is -0.492 e. The largest absolute Gasteiger partial charge is 0.492 e. The highest BCUT2D eigenvalue weighted by Gasteiger charge is 2.02. The third-order valence-corrected chi connectivity index (χ3v) is 2.42. The van der Waals surface area contributed by atoms with Gasteiger partial charge >= 0.3 is 0 Å². The minimum atomic E-state index is -0.00432. The number of anilines is 1. The first-order chi connectivity index (χ1) is 9.26. The van der Waals surface area contributed by atoms with Crippen LogP contribution in [0.4, 0.5) is 5.69 Å². The van der Waals surface area contributed by atoms with Crippen molar-refractivity contribution >= 4 is 24.0 Å². The molecule has 0 saturated heterocycles. The Morgan fingerprint density at radius 2 is 1.95 bits per heavy atom. The molecule has 0 aliphatic heterocycles. The summed E-state index contributed by atoms with van der Waals surface area (Å²) in [5.74, 6) is 0.745. The van der Waals surface area contributed by atoms with E-state index in [1.165, 1.54) is 0 Å². The summed E-state index contributed by atoms with van der Waals surface area (Å²) in [4.78, 5) is 11.6. The zero-order chi connectivity index (χ0) is 13.9. The standard InChI is InChI=1S/C14H22N2O3.ClH/c1-2-18-10-3-4-14(17)16-12-5-7-13(8-6-12)19-11-9-15;/h5-8H,2-4,9-11,15H2,1H3,(H,16,17);1H. The number of benzene rings is 1. The Labute approximate surface area is 126 Å². The minimum absolute atomic E-state index is 0. The molecule has 20 heavy (non-hydrogen) atoms. The molecule has 0 radical (unpaired) electrons. The Morgan fingerprint density at radius 1 is 1.25 bits per heavy atom. The summed E-state index contributed by atoms with van der Waals surface area (Å²) in [5, 5.41) is 2.83. The molecule has 1 amide bonds. The van der Waals surface area contributed by atoms with E-state index < -0.39 is 0 Å². The molecular formula is C14H23ClN2O3. The zero-order valence-electron chi connectivity index (χ0n) is 11.8. The molecule has 0 fully saturated rings. The summed E-state index contributed by atoms with van der Waals surface area (Å²) >= 11 is 0. The van der Waals surface area contributed by atoms with E-state index in [9.17, 15) is 4.79 Å². The lowest BCUT2D eigenvalue weighted by atomic mass is 10.2. The van der Waals surface area contributed by atoms with E-state index in [0.29, 0.717) is 32.8 Å². The van der Waals surface area contributed by atoms with Crippen LogP contribution in [0.5, 0.6) is 5.75 Å². The van der Waals surface area contributed by atoms with Crippen LogP contribution in [-0.2, 0) is 9.53 Å². The Balaban J connectivity index is 0.00000361. The number of carbonyl (C=O) groups is 1. The first-order valence-corrected chi connectivity index (χ1v) is 6.56. The van der Waals surface area contributed by atoms with Gasteiger partial charge in [-0.2, -0.15) is 0 Å². The van der Waals surface area contributed by atoms with Gasteiger partial charge in [-0.05, 0) is 37.6 Å². The Kier molecular flexibility index (Phi) is 10.8. The maximum atomic E-state index is 11.6. The van der Waals surface area contributed by atoms with Crippen LogP contribution in [-0.4, -0.2) is 32.3 Å². The number of rotatable bonds is 9. The fourth-order valence-corrected chi connectivity index (χ4v) is 1.51. The molecule has 0 spiro atoms. The van der Waals surface area contributed by atoms with E-state index in [2.05, 4.69) is 5.32 Å². The average Bonchev–Trinajstić information content (AvgIpc) is 2.43. The van der Waals surface area contributed by atoms with Gasteiger partial charge in [0.25, 0.3) is 0 Å². The Morgan fingerprint density at radius 3 is 2.55 bits per heavy atom. The SMILES string of the molecule is CCOCCCC(=O)Nc1ccc(OCCN)cc1.Cl. The quantitative estimate of drug-likeness (QED) is 0.686. The molecule has 0 atom stereocenters. The van der Waals surface area contributed by atoms with Crippen LogP contribution in [0.2, 0.25) is 0 Å². The van der Waals surface area contributed by atoms with E-state index >= 15 is 0 Å². The number of ether oxygens (including phenoxy) is 2. The van der Waals surface area contributed by atoms with Gasteiger partial charge in [0.05, 0.1) is 0 Å². The predicted octanol–water partition coefficient (Wildman–Crippen LogP) is 2.20. The van der Waals surface area contributed by atoms with Crippen LogP contribution in [0.15, 0.2) is 24.3 Å². The predicted molar refractivity (Wildman–Crippen MR) is 82.6 cm³/mol. The molecule has 6 heteroatoms. The fraction of sp³-hybridized carbons (Fsp3) is 0.500. The molecule has 0 unspecified atom stereocenters. The summed E-state index contributed by atoms with van der Waals surface area (Å²) < 4.78 is 10.5. The topological polar surface area (TPSA) is 73.6 Å². The number of carbonyl (C=O) groups excluding carboxylic acids is 1. The highest BCUT2D eigenvalue weighted by Crippen LogP contribution is 2.15. The highest BCUT2D eigenvalue weighted by molar-refractivity contribution is 5.90. The van der Waals surface area contributed by atoms with Gasteiger partial charge in [0.2, 0.25) is 5.91 Å². The van der Waals surface area contributed by atoms with Crippen molar-refractivity contribution in [3.8, 4) is 5.75 Å².